The van der Waals surface area contributed by atoms with Gasteiger partial charge in [-0.1, -0.05) is 34.1 Å². The van der Waals surface area contributed by atoms with E-state index in [-0.39, 0.29) is 17.2 Å². The van der Waals surface area contributed by atoms with Crippen molar-refractivity contribution in [2.24, 2.45) is 0 Å². The van der Waals surface area contributed by atoms with Gasteiger partial charge in [0.2, 0.25) is 5.91 Å². The lowest BCUT2D eigenvalue weighted by atomic mass is 10.1. The lowest BCUT2D eigenvalue weighted by Crippen LogP contribution is -2.33. The molecule has 4 heteroatoms. The Labute approximate surface area is 109 Å². The van der Waals surface area contributed by atoms with Gasteiger partial charge < -0.3 is 5.32 Å². The number of amides is 1. The van der Waals surface area contributed by atoms with Gasteiger partial charge in [0.05, 0.1) is 11.3 Å². The molecule has 0 aliphatic heterocycles. The van der Waals surface area contributed by atoms with Gasteiger partial charge in [0, 0.05) is 4.47 Å². The van der Waals surface area contributed by atoms with Crippen LogP contribution in [0.4, 0.5) is 0 Å². The SMILES string of the molecule is CS[C@@H](C)C(=O)N[C@@H](C)c1ccccc1Br. The van der Waals surface area contributed by atoms with E-state index in [0.717, 1.165) is 10.0 Å². The van der Waals surface area contributed by atoms with E-state index in [1.807, 2.05) is 44.4 Å². The molecule has 2 atom stereocenters. The van der Waals surface area contributed by atoms with Crippen LogP contribution in [-0.4, -0.2) is 17.4 Å². The highest BCUT2D eigenvalue weighted by Gasteiger charge is 2.16. The molecular formula is C12H16BrNOS. The van der Waals surface area contributed by atoms with E-state index in [1.54, 1.807) is 11.8 Å². The molecule has 0 saturated heterocycles. The third kappa shape index (κ3) is 3.52. The zero-order valence-electron chi connectivity index (χ0n) is 9.66. The Kier molecular flexibility index (Phi) is 5.35. The molecule has 0 fully saturated rings. The number of hydrogen-bond donors (Lipinski definition) is 1. The van der Waals surface area contributed by atoms with Crippen molar-refractivity contribution >= 4 is 33.6 Å². The summed E-state index contributed by atoms with van der Waals surface area (Å²) in [6.07, 6.45) is 1.94. The van der Waals surface area contributed by atoms with Crippen LogP contribution in [0.25, 0.3) is 0 Å². The fraction of sp³-hybridized carbons (Fsp3) is 0.417. The second-order valence-electron chi connectivity index (χ2n) is 3.63. The fourth-order valence-corrected chi connectivity index (χ4v) is 2.25. The Morgan fingerprint density at radius 1 is 1.38 bits per heavy atom. The first-order valence-corrected chi connectivity index (χ1v) is 7.22. The van der Waals surface area contributed by atoms with Gasteiger partial charge in [0.25, 0.3) is 0 Å². The van der Waals surface area contributed by atoms with Crippen molar-refractivity contribution in [3.63, 3.8) is 0 Å². The molecule has 0 saturated carbocycles. The second-order valence-corrected chi connectivity index (χ2v) is 5.66. The predicted octanol–water partition coefficient (Wildman–Crippen LogP) is 3.38. The topological polar surface area (TPSA) is 29.1 Å². The smallest absolute Gasteiger partial charge is 0.233 e. The van der Waals surface area contributed by atoms with Crippen molar-refractivity contribution in [2.45, 2.75) is 25.1 Å². The van der Waals surface area contributed by atoms with E-state index in [2.05, 4.69) is 21.2 Å². The molecule has 0 radical (unpaired) electrons. The van der Waals surface area contributed by atoms with Gasteiger partial charge in [-0.25, -0.2) is 0 Å². The van der Waals surface area contributed by atoms with Crippen LogP contribution in [-0.2, 0) is 4.79 Å². The Hall–Kier alpha value is -0.480. The van der Waals surface area contributed by atoms with Gasteiger partial charge >= 0.3 is 0 Å². The first kappa shape index (κ1) is 13.6. The molecule has 0 bridgehead atoms. The average Bonchev–Trinajstić information content (AvgIpc) is 2.28. The quantitative estimate of drug-likeness (QED) is 0.924. The van der Waals surface area contributed by atoms with Crippen LogP contribution < -0.4 is 5.32 Å². The summed E-state index contributed by atoms with van der Waals surface area (Å²) in [5.41, 5.74) is 1.10. The van der Waals surface area contributed by atoms with E-state index in [1.165, 1.54) is 0 Å². The average molecular weight is 302 g/mol. The van der Waals surface area contributed by atoms with E-state index >= 15 is 0 Å². The third-order valence-electron chi connectivity index (χ3n) is 2.45. The molecular weight excluding hydrogens is 286 g/mol. The van der Waals surface area contributed by atoms with Gasteiger partial charge in [0.1, 0.15) is 0 Å². The van der Waals surface area contributed by atoms with Gasteiger partial charge in [-0.15, -0.1) is 0 Å². The summed E-state index contributed by atoms with van der Waals surface area (Å²) >= 11 is 5.03. The standard InChI is InChI=1S/C12H16BrNOS/c1-8(14-12(15)9(2)16-3)10-6-4-5-7-11(10)13/h4-9H,1-3H3,(H,14,15)/t8-,9-/m0/s1. The Morgan fingerprint density at radius 3 is 2.56 bits per heavy atom. The Balaban J connectivity index is 2.69. The third-order valence-corrected chi connectivity index (χ3v) is 4.10. The van der Waals surface area contributed by atoms with Crippen molar-refractivity contribution in [2.75, 3.05) is 6.26 Å². The maximum Gasteiger partial charge on any atom is 0.233 e. The molecule has 1 rings (SSSR count). The number of carbonyl (C=O) groups is 1. The van der Waals surface area contributed by atoms with E-state index < -0.39 is 0 Å². The summed E-state index contributed by atoms with van der Waals surface area (Å²) in [6.45, 7) is 3.90. The molecule has 1 N–H and O–H groups in total. The molecule has 1 aromatic rings. The van der Waals surface area contributed by atoms with Crippen molar-refractivity contribution in [1.29, 1.82) is 0 Å². The number of nitrogens with one attached hydrogen (secondary N) is 1. The van der Waals surface area contributed by atoms with Crippen LogP contribution in [0.15, 0.2) is 28.7 Å². The van der Waals surface area contributed by atoms with Crippen LogP contribution in [0.5, 0.6) is 0 Å². The minimum absolute atomic E-state index is 0.00932. The zero-order chi connectivity index (χ0) is 12.1. The summed E-state index contributed by atoms with van der Waals surface area (Å²) in [5, 5.41) is 2.99. The molecule has 0 unspecified atom stereocenters. The summed E-state index contributed by atoms with van der Waals surface area (Å²) in [5.74, 6) is 0.0794. The number of thioether (sulfide) groups is 1. The van der Waals surface area contributed by atoms with Crippen molar-refractivity contribution in [3.05, 3.63) is 34.3 Å². The number of benzene rings is 1. The molecule has 1 amide bonds. The van der Waals surface area contributed by atoms with Gasteiger partial charge in [-0.05, 0) is 31.7 Å². The van der Waals surface area contributed by atoms with E-state index in [9.17, 15) is 4.79 Å². The zero-order valence-corrected chi connectivity index (χ0v) is 12.1. The molecule has 88 valence electrons. The number of hydrogen-bond acceptors (Lipinski definition) is 2. The van der Waals surface area contributed by atoms with E-state index in [0.29, 0.717) is 0 Å². The van der Waals surface area contributed by atoms with Crippen LogP contribution in [0, 0.1) is 0 Å². The van der Waals surface area contributed by atoms with Crippen molar-refractivity contribution in [1.82, 2.24) is 5.32 Å². The summed E-state index contributed by atoms with van der Waals surface area (Å²) in [7, 11) is 0. The van der Waals surface area contributed by atoms with E-state index in [4.69, 9.17) is 0 Å². The van der Waals surface area contributed by atoms with Gasteiger partial charge in [-0.2, -0.15) is 11.8 Å². The number of carbonyl (C=O) groups excluding carboxylic acids is 1. The van der Waals surface area contributed by atoms with Crippen molar-refractivity contribution < 1.29 is 4.79 Å². The molecule has 0 aliphatic rings. The molecule has 16 heavy (non-hydrogen) atoms. The van der Waals surface area contributed by atoms with Gasteiger partial charge in [-0.3, -0.25) is 4.79 Å². The normalized spacial score (nSPS) is 14.2. The Bertz CT molecular complexity index is 370. The minimum atomic E-state index is -0.00932. The minimum Gasteiger partial charge on any atom is -0.349 e. The maximum absolute atomic E-state index is 11.7. The van der Waals surface area contributed by atoms with Crippen LogP contribution in [0.2, 0.25) is 0 Å². The summed E-state index contributed by atoms with van der Waals surface area (Å²) in [4.78, 5) is 11.7. The van der Waals surface area contributed by atoms with Gasteiger partial charge in [0.15, 0.2) is 0 Å². The molecule has 1 aromatic carbocycles. The highest BCUT2D eigenvalue weighted by molar-refractivity contribution is 9.10. The van der Waals surface area contributed by atoms with Crippen LogP contribution in [0.3, 0.4) is 0 Å². The molecule has 0 aromatic heterocycles. The predicted molar refractivity (Wildman–Crippen MR) is 73.7 cm³/mol. The summed E-state index contributed by atoms with van der Waals surface area (Å²) in [6, 6.07) is 7.96. The number of halogens is 1. The molecule has 0 heterocycles. The lowest BCUT2D eigenvalue weighted by Gasteiger charge is -2.17. The van der Waals surface area contributed by atoms with Crippen molar-refractivity contribution in [3.8, 4) is 0 Å². The highest BCUT2D eigenvalue weighted by Crippen LogP contribution is 2.23. The van der Waals surface area contributed by atoms with Crippen LogP contribution in [0.1, 0.15) is 25.5 Å². The largest absolute Gasteiger partial charge is 0.349 e. The first-order valence-electron chi connectivity index (χ1n) is 5.14. The molecule has 0 aliphatic carbocycles. The highest BCUT2D eigenvalue weighted by atomic mass is 79.9. The number of rotatable bonds is 4. The molecule has 0 spiro atoms. The maximum atomic E-state index is 11.7. The Morgan fingerprint density at radius 2 is 2.00 bits per heavy atom. The van der Waals surface area contributed by atoms with Crippen LogP contribution >= 0.6 is 27.7 Å². The monoisotopic (exact) mass is 301 g/mol. The lowest BCUT2D eigenvalue weighted by molar-refractivity contribution is -0.120. The first-order chi connectivity index (χ1) is 7.56. The molecule has 2 nitrogen and oxygen atoms in total. The fourth-order valence-electron chi connectivity index (χ4n) is 1.34. The second kappa shape index (κ2) is 6.30. The summed E-state index contributed by atoms with van der Waals surface area (Å²) < 4.78 is 1.03.